The highest BCUT2D eigenvalue weighted by Crippen LogP contribution is 2.41. The van der Waals surface area contributed by atoms with Crippen molar-refractivity contribution in [2.45, 2.75) is 51.5 Å². The predicted octanol–water partition coefficient (Wildman–Crippen LogP) is 4.49. The molecule has 0 radical (unpaired) electrons. The summed E-state index contributed by atoms with van der Waals surface area (Å²) in [7, 11) is 0. The number of pyridine rings is 1. The quantitative estimate of drug-likeness (QED) is 0.356. The number of nitriles is 1. The van der Waals surface area contributed by atoms with E-state index in [1.165, 1.54) is 24.2 Å². The molecule has 0 amide bonds. The van der Waals surface area contributed by atoms with Crippen molar-refractivity contribution >= 4 is 17.6 Å². The monoisotopic (exact) mass is 521 g/mol. The number of hydrogen-bond donors (Lipinski definition) is 3. The second-order valence-corrected chi connectivity index (χ2v) is 9.72. The van der Waals surface area contributed by atoms with Crippen molar-refractivity contribution in [2.75, 3.05) is 6.61 Å². The number of aromatic nitrogens is 1. The maximum absolute atomic E-state index is 11.6. The number of carboxylic acids is 1. The second-order valence-electron chi connectivity index (χ2n) is 9.31. The van der Waals surface area contributed by atoms with E-state index in [2.05, 4.69) is 35.4 Å². The summed E-state index contributed by atoms with van der Waals surface area (Å²) in [6.45, 7) is 3.09. The number of aliphatic hydroxyl groups is 1. The van der Waals surface area contributed by atoms with Crippen LogP contribution in [0.5, 0.6) is 11.5 Å². The number of carbonyl (C=O) groups is 1. The Morgan fingerprint density at radius 2 is 2.11 bits per heavy atom. The van der Waals surface area contributed by atoms with Crippen LogP contribution in [0.15, 0.2) is 48.8 Å². The molecular weight excluding hydrogens is 494 g/mol. The fourth-order valence-electron chi connectivity index (χ4n) is 4.29. The van der Waals surface area contributed by atoms with Gasteiger partial charge in [0.05, 0.1) is 17.2 Å². The summed E-state index contributed by atoms with van der Waals surface area (Å²) in [5.74, 6) is -0.299. The molecule has 0 saturated heterocycles. The maximum atomic E-state index is 11.6. The summed E-state index contributed by atoms with van der Waals surface area (Å²) in [6, 6.07) is 13.3. The van der Waals surface area contributed by atoms with Crippen molar-refractivity contribution in [3.8, 4) is 17.6 Å². The second kappa shape index (κ2) is 11.2. The summed E-state index contributed by atoms with van der Waals surface area (Å²) < 4.78 is 12.4. The van der Waals surface area contributed by atoms with Crippen LogP contribution in [-0.2, 0) is 24.4 Å². The molecular formula is C28H28ClN3O5. The Labute approximate surface area is 220 Å². The number of aliphatic carboxylic acids is 1. The predicted molar refractivity (Wildman–Crippen MR) is 138 cm³/mol. The largest absolute Gasteiger partial charge is 0.488 e. The third kappa shape index (κ3) is 5.86. The fourth-order valence-corrected chi connectivity index (χ4v) is 4.52. The van der Waals surface area contributed by atoms with Crippen LogP contribution in [0.2, 0.25) is 5.02 Å². The highest BCUT2D eigenvalue weighted by atomic mass is 35.5. The van der Waals surface area contributed by atoms with Crippen LogP contribution in [0, 0.1) is 18.3 Å². The van der Waals surface area contributed by atoms with Crippen molar-refractivity contribution in [2.24, 2.45) is 0 Å². The molecule has 2 atom stereocenters. The van der Waals surface area contributed by atoms with Crippen LogP contribution in [0.3, 0.4) is 0 Å². The summed E-state index contributed by atoms with van der Waals surface area (Å²) >= 11 is 6.62. The Kier molecular flexibility index (Phi) is 7.98. The van der Waals surface area contributed by atoms with E-state index in [4.69, 9.17) is 26.3 Å². The van der Waals surface area contributed by atoms with Gasteiger partial charge in [-0.15, -0.1) is 0 Å². The Morgan fingerprint density at radius 1 is 1.30 bits per heavy atom. The molecule has 1 aliphatic rings. The molecule has 37 heavy (non-hydrogen) atoms. The number of nitrogens with zero attached hydrogens (tertiary/aromatic N) is 2. The first-order chi connectivity index (χ1) is 17.7. The molecule has 1 heterocycles. The van der Waals surface area contributed by atoms with Gasteiger partial charge < -0.3 is 19.7 Å². The molecule has 192 valence electrons. The van der Waals surface area contributed by atoms with Gasteiger partial charge in [-0.2, -0.15) is 5.26 Å². The number of halogens is 1. The molecule has 8 nitrogen and oxygen atoms in total. The molecule has 0 spiro atoms. The molecule has 0 unspecified atom stereocenters. The summed E-state index contributed by atoms with van der Waals surface area (Å²) in [4.78, 5) is 15.7. The van der Waals surface area contributed by atoms with Crippen LogP contribution in [0.25, 0.3) is 0 Å². The smallest absolute Gasteiger partial charge is 0.326 e. The van der Waals surface area contributed by atoms with Gasteiger partial charge in [-0.25, -0.2) is 0 Å². The van der Waals surface area contributed by atoms with Crippen molar-refractivity contribution in [3.63, 3.8) is 0 Å². The number of hydrogen-bond acceptors (Lipinski definition) is 7. The average Bonchev–Trinajstić information content (AvgIpc) is 3.31. The van der Waals surface area contributed by atoms with E-state index in [-0.39, 0.29) is 19.3 Å². The van der Waals surface area contributed by atoms with E-state index in [9.17, 15) is 15.0 Å². The lowest BCUT2D eigenvalue weighted by atomic mass is 10.0. The van der Waals surface area contributed by atoms with Crippen molar-refractivity contribution in [1.82, 2.24) is 10.3 Å². The lowest BCUT2D eigenvalue weighted by Gasteiger charge is -2.25. The summed E-state index contributed by atoms with van der Waals surface area (Å²) in [5.41, 5.74) is 3.82. The van der Waals surface area contributed by atoms with E-state index >= 15 is 0 Å². The molecule has 1 aliphatic carbocycles. The molecule has 0 aliphatic heterocycles. The Hall–Kier alpha value is -3.64. The number of nitrogens with one attached hydrogen (secondary N) is 1. The van der Waals surface area contributed by atoms with E-state index in [0.29, 0.717) is 33.2 Å². The van der Waals surface area contributed by atoms with Crippen molar-refractivity contribution in [3.05, 3.63) is 87.2 Å². The van der Waals surface area contributed by atoms with Gasteiger partial charge in [-0.1, -0.05) is 29.8 Å². The van der Waals surface area contributed by atoms with Crippen molar-refractivity contribution < 1.29 is 24.5 Å². The Morgan fingerprint density at radius 3 is 2.84 bits per heavy atom. The van der Waals surface area contributed by atoms with Gasteiger partial charge in [-0.3, -0.25) is 15.1 Å². The third-order valence-corrected chi connectivity index (χ3v) is 6.91. The van der Waals surface area contributed by atoms with Gasteiger partial charge in [0, 0.05) is 36.1 Å². The van der Waals surface area contributed by atoms with Crippen molar-refractivity contribution in [1.29, 1.82) is 5.26 Å². The molecule has 2 aromatic carbocycles. The SMILES string of the molecule is Cc1cccc2c1CC[C@@H]2Oc1cc(OCc2cncc(C#N)c2)c(CN[C@@](C)(CO)C(=O)O)cc1Cl. The maximum Gasteiger partial charge on any atom is 0.326 e. The number of fused-ring (bicyclic) bond motifs is 1. The number of aryl methyl sites for hydroxylation is 1. The Bertz CT molecular complexity index is 1360. The number of rotatable bonds is 10. The molecule has 0 bridgehead atoms. The van der Waals surface area contributed by atoms with Gasteiger partial charge in [0.15, 0.2) is 0 Å². The highest BCUT2D eigenvalue weighted by Gasteiger charge is 2.32. The zero-order valence-electron chi connectivity index (χ0n) is 20.6. The first-order valence-corrected chi connectivity index (χ1v) is 12.3. The first-order valence-electron chi connectivity index (χ1n) is 11.9. The number of ether oxygens (including phenoxy) is 2. The molecule has 1 aromatic heterocycles. The molecule has 3 aromatic rings. The molecule has 3 N–H and O–H groups in total. The van der Waals surface area contributed by atoms with Gasteiger partial charge in [0.1, 0.15) is 35.8 Å². The minimum absolute atomic E-state index is 0.0701. The van der Waals surface area contributed by atoms with Crippen LogP contribution in [-0.4, -0.2) is 33.3 Å². The summed E-state index contributed by atoms with van der Waals surface area (Å²) in [5, 5.41) is 31.5. The lowest BCUT2D eigenvalue weighted by Crippen LogP contribution is -2.52. The molecule has 0 saturated carbocycles. The van der Waals surface area contributed by atoms with Gasteiger partial charge >= 0.3 is 5.97 Å². The van der Waals surface area contributed by atoms with Crippen LogP contribution < -0.4 is 14.8 Å². The molecule has 4 rings (SSSR count). The fraction of sp³-hybridized carbons (Fsp3) is 0.321. The van der Waals surface area contributed by atoms with Gasteiger partial charge in [0.25, 0.3) is 0 Å². The zero-order chi connectivity index (χ0) is 26.6. The van der Waals surface area contributed by atoms with E-state index in [0.717, 1.165) is 18.4 Å². The minimum Gasteiger partial charge on any atom is -0.488 e. The zero-order valence-corrected chi connectivity index (χ0v) is 21.4. The molecule has 0 fully saturated rings. The number of carboxylic acid groups (broad SMARTS) is 1. The van der Waals surface area contributed by atoms with E-state index in [1.54, 1.807) is 24.4 Å². The van der Waals surface area contributed by atoms with Crippen LogP contribution in [0.4, 0.5) is 0 Å². The minimum atomic E-state index is -1.55. The Balaban J connectivity index is 1.62. The number of benzene rings is 2. The van der Waals surface area contributed by atoms with E-state index < -0.39 is 18.1 Å². The lowest BCUT2D eigenvalue weighted by molar-refractivity contribution is -0.145. The van der Waals surface area contributed by atoms with Gasteiger partial charge in [0.2, 0.25) is 0 Å². The van der Waals surface area contributed by atoms with E-state index in [1.807, 2.05) is 6.07 Å². The summed E-state index contributed by atoms with van der Waals surface area (Å²) in [6.07, 6.45) is 4.68. The first kappa shape index (κ1) is 26.4. The normalized spacial score (nSPS) is 15.9. The average molecular weight is 522 g/mol. The van der Waals surface area contributed by atoms with Crippen LogP contribution >= 0.6 is 11.6 Å². The van der Waals surface area contributed by atoms with Gasteiger partial charge in [-0.05, 0) is 55.5 Å². The molecule has 9 heteroatoms. The topological polar surface area (TPSA) is 125 Å². The number of aliphatic hydroxyl groups excluding tert-OH is 1. The third-order valence-electron chi connectivity index (χ3n) is 6.61. The van der Waals surface area contributed by atoms with Crippen LogP contribution in [0.1, 0.15) is 52.8 Å². The standard InChI is InChI=1S/C28H28ClN3O5/c1-17-4-3-5-22-21(17)6-7-24(22)37-26-10-25(36-15-19-8-18(11-30)12-31-13-19)20(9-23(26)29)14-32-28(2,16-33)27(34)35/h3-5,8-10,12-13,24,32-33H,6-7,14-16H2,1-2H3,(H,34,35)/t24-,28-/m0/s1. The highest BCUT2D eigenvalue weighted by molar-refractivity contribution is 6.32.